The molecule has 29 heavy (non-hydrogen) atoms. The van der Waals surface area contributed by atoms with Gasteiger partial charge in [0.05, 0.1) is 25.3 Å². The molecule has 1 unspecified atom stereocenters. The standard InChI is InChI=1S/C23H33N3O3/c1-16(27)15-24-23-17-7-5-8-19(17)25-20-14-22(21(28-2)13-18(20)23)29-12-6-11-26-9-3-4-10-26/h13-14,16,27H,3-12,15H2,1-2H3,(H,24,25). The van der Waals surface area contributed by atoms with E-state index in [0.29, 0.717) is 13.2 Å². The number of likely N-dealkylation sites (tertiary alicyclic amines) is 1. The molecule has 4 rings (SSSR count). The average Bonchev–Trinajstić information content (AvgIpc) is 3.39. The Hall–Kier alpha value is -2.05. The summed E-state index contributed by atoms with van der Waals surface area (Å²) in [5.74, 6) is 1.49. The number of nitrogens with zero attached hydrogens (tertiary/aromatic N) is 2. The lowest BCUT2D eigenvalue weighted by molar-refractivity contribution is 0.208. The van der Waals surface area contributed by atoms with E-state index in [1.807, 2.05) is 12.1 Å². The number of fused-ring (bicyclic) bond motifs is 2. The Labute approximate surface area is 173 Å². The van der Waals surface area contributed by atoms with Crippen LogP contribution in [0.2, 0.25) is 0 Å². The van der Waals surface area contributed by atoms with Crippen molar-refractivity contribution < 1.29 is 14.6 Å². The maximum atomic E-state index is 9.75. The van der Waals surface area contributed by atoms with Gasteiger partial charge in [0.1, 0.15) is 0 Å². The highest BCUT2D eigenvalue weighted by atomic mass is 16.5. The molecule has 6 heteroatoms. The number of aromatic nitrogens is 1. The molecule has 1 aliphatic carbocycles. The second-order valence-corrected chi connectivity index (χ2v) is 8.27. The number of rotatable bonds is 9. The van der Waals surface area contributed by atoms with Gasteiger partial charge < -0.3 is 24.8 Å². The van der Waals surface area contributed by atoms with Crippen molar-refractivity contribution in [1.29, 1.82) is 0 Å². The smallest absolute Gasteiger partial charge is 0.163 e. The number of hydrogen-bond acceptors (Lipinski definition) is 6. The fraction of sp³-hybridized carbons (Fsp3) is 0.609. The Kier molecular flexibility index (Phi) is 6.40. The van der Waals surface area contributed by atoms with Gasteiger partial charge in [0.15, 0.2) is 11.5 Å². The van der Waals surface area contributed by atoms with Crippen LogP contribution >= 0.6 is 0 Å². The van der Waals surface area contributed by atoms with Gasteiger partial charge in [-0.3, -0.25) is 4.98 Å². The number of aliphatic hydroxyl groups excluding tert-OH is 1. The average molecular weight is 400 g/mol. The first-order valence-corrected chi connectivity index (χ1v) is 11.0. The Balaban J connectivity index is 1.56. The van der Waals surface area contributed by atoms with Gasteiger partial charge in [0, 0.05) is 35.9 Å². The van der Waals surface area contributed by atoms with Crippen molar-refractivity contribution in [2.45, 2.75) is 51.6 Å². The summed E-state index contributed by atoms with van der Waals surface area (Å²) in [7, 11) is 1.68. The quantitative estimate of drug-likeness (QED) is 0.630. The zero-order valence-electron chi connectivity index (χ0n) is 17.7. The summed E-state index contributed by atoms with van der Waals surface area (Å²) in [5.41, 5.74) is 4.45. The fourth-order valence-corrected chi connectivity index (χ4v) is 4.47. The first-order valence-electron chi connectivity index (χ1n) is 11.0. The van der Waals surface area contributed by atoms with Crippen LogP contribution in [0.1, 0.15) is 43.9 Å². The maximum Gasteiger partial charge on any atom is 0.163 e. The van der Waals surface area contributed by atoms with E-state index in [-0.39, 0.29) is 0 Å². The van der Waals surface area contributed by atoms with Crippen LogP contribution in [-0.4, -0.2) is 61.0 Å². The minimum atomic E-state index is -0.407. The molecular weight excluding hydrogens is 366 g/mol. The highest BCUT2D eigenvalue weighted by molar-refractivity contribution is 5.96. The van der Waals surface area contributed by atoms with Crippen molar-refractivity contribution in [1.82, 2.24) is 9.88 Å². The van der Waals surface area contributed by atoms with Crippen LogP contribution < -0.4 is 14.8 Å². The van der Waals surface area contributed by atoms with Gasteiger partial charge in [-0.25, -0.2) is 0 Å². The number of ether oxygens (including phenoxy) is 2. The van der Waals surface area contributed by atoms with E-state index in [2.05, 4.69) is 10.2 Å². The van der Waals surface area contributed by atoms with Crippen LogP contribution in [0.15, 0.2) is 12.1 Å². The van der Waals surface area contributed by atoms with Gasteiger partial charge in [0.25, 0.3) is 0 Å². The van der Waals surface area contributed by atoms with Crippen molar-refractivity contribution in [3.63, 3.8) is 0 Å². The van der Waals surface area contributed by atoms with E-state index in [1.54, 1.807) is 14.0 Å². The normalized spacial score (nSPS) is 17.5. The zero-order chi connectivity index (χ0) is 20.2. The summed E-state index contributed by atoms with van der Waals surface area (Å²) in [4.78, 5) is 7.43. The summed E-state index contributed by atoms with van der Waals surface area (Å²) < 4.78 is 11.7. The number of methoxy groups -OCH3 is 1. The predicted octanol–water partition coefficient (Wildman–Crippen LogP) is 3.39. The monoisotopic (exact) mass is 399 g/mol. The van der Waals surface area contributed by atoms with Crippen LogP contribution in [0.25, 0.3) is 10.9 Å². The predicted molar refractivity (Wildman–Crippen MR) is 116 cm³/mol. The molecule has 1 aromatic heterocycles. The minimum Gasteiger partial charge on any atom is -0.493 e. The molecule has 1 fully saturated rings. The molecule has 1 aromatic carbocycles. The van der Waals surface area contributed by atoms with E-state index in [1.165, 1.54) is 31.5 Å². The Morgan fingerprint density at radius 3 is 2.76 bits per heavy atom. The van der Waals surface area contributed by atoms with Crippen LogP contribution in [0.5, 0.6) is 11.5 Å². The van der Waals surface area contributed by atoms with Gasteiger partial charge in [-0.15, -0.1) is 0 Å². The van der Waals surface area contributed by atoms with Gasteiger partial charge >= 0.3 is 0 Å². The molecular formula is C23H33N3O3. The molecule has 0 radical (unpaired) electrons. The second-order valence-electron chi connectivity index (χ2n) is 8.27. The molecule has 2 heterocycles. The molecule has 1 saturated heterocycles. The molecule has 2 aliphatic rings. The molecule has 1 atom stereocenters. The molecule has 0 saturated carbocycles. The zero-order valence-corrected chi connectivity index (χ0v) is 17.7. The van der Waals surface area contributed by atoms with Gasteiger partial charge in [-0.2, -0.15) is 0 Å². The number of anilines is 1. The van der Waals surface area contributed by atoms with Crippen molar-refractivity contribution in [2.24, 2.45) is 0 Å². The summed E-state index contributed by atoms with van der Waals surface area (Å²) in [6.45, 7) is 6.52. The molecule has 0 bridgehead atoms. The fourth-order valence-electron chi connectivity index (χ4n) is 4.47. The third kappa shape index (κ3) is 4.59. The van der Waals surface area contributed by atoms with Crippen molar-refractivity contribution in [2.75, 3.05) is 45.2 Å². The largest absolute Gasteiger partial charge is 0.493 e. The molecule has 6 nitrogen and oxygen atoms in total. The third-order valence-electron chi connectivity index (χ3n) is 5.95. The minimum absolute atomic E-state index is 0.407. The SMILES string of the molecule is COc1cc2c(NCC(C)O)c3c(nc2cc1OCCCN1CCCC1)CCC3. The maximum absolute atomic E-state index is 9.75. The molecule has 0 amide bonds. The van der Waals surface area contributed by atoms with Gasteiger partial charge in [-0.1, -0.05) is 0 Å². The Morgan fingerprint density at radius 1 is 1.17 bits per heavy atom. The van der Waals surface area contributed by atoms with Crippen molar-refractivity contribution in [3.8, 4) is 11.5 Å². The van der Waals surface area contributed by atoms with Gasteiger partial charge in [-0.05, 0) is 70.2 Å². The number of aliphatic hydroxyl groups is 1. The number of aryl methyl sites for hydroxylation is 1. The number of benzene rings is 1. The summed E-state index contributed by atoms with van der Waals surface area (Å²) in [6.07, 6.45) is 6.40. The molecule has 0 spiro atoms. The van der Waals surface area contributed by atoms with Crippen LogP contribution in [0.3, 0.4) is 0 Å². The number of nitrogens with one attached hydrogen (secondary N) is 1. The molecule has 2 aromatic rings. The lowest BCUT2D eigenvalue weighted by Crippen LogP contribution is -2.21. The molecule has 1 aliphatic heterocycles. The van der Waals surface area contributed by atoms with E-state index in [4.69, 9.17) is 14.5 Å². The lowest BCUT2D eigenvalue weighted by Gasteiger charge is -2.18. The summed E-state index contributed by atoms with van der Waals surface area (Å²) in [5, 5.41) is 14.2. The highest BCUT2D eigenvalue weighted by Crippen LogP contribution is 2.39. The third-order valence-corrected chi connectivity index (χ3v) is 5.95. The van der Waals surface area contributed by atoms with Crippen LogP contribution in [-0.2, 0) is 12.8 Å². The first-order chi connectivity index (χ1) is 14.2. The topological polar surface area (TPSA) is 66.8 Å². The van der Waals surface area contributed by atoms with E-state index >= 15 is 0 Å². The molecule has 2 N–H and O–H groups in total. The van der Waals surface area contributed by atoms with E-state index in [9.17, 15) is 5.11 Å². The van der Waals surface area contributed by atoms with Crippen molar-refractivity contribution >= 4 is 16.6 Å². The molecule has 158 valence electrons. The van der Waals surface area contributed by atoms with Crippen molar-refractivity contribution in [3.05, 3.63) is 23.4 Å². The Bertz CT molecular complexity index is 847. The summed E-state index contributed by atoms with van der Waals surface area (Å²) in [6, 6.07) is 4.04. The Morgan fingerprint density at radius 2 is 2.00 bits per heavy atom. The van der Waals surface area contributed by atoms with E-state index in [0.717, 1.165) is 66.0 Å². The van der Waals surface area contributed by atoms with Crippen LogP contribution in [0.4, 0.5) is 5.69 Å². The second kappa shape index (κ2) is 9.18. The van der Waals surface area contributed by atoms with E-state index < -0.39 is 6.10 Å². The highest BCUT2D eigenvalue weighted by Gasteiger charge is 2.21. The van der Waals surface area contributed by atoms with Gasteiger partial charge in [0.2, 0.25) is 0 Å². The number of hydrogen-bond donors (Lipinski definition) is 2. The first kappa shape index (κ1) is 20.2. The number of pyridine rings is 1. The lowest BCUT2D eigenvalue weighted by atomic mass is 10.1. The summed E-state index contributed by atoms with van der Waals surface area (Å²) >= 11 is 0. The van der Waals surface area contributed by atoms with Crippen LogP contribution in [0, 0.1) is 0 Å².